The molecule has 2 N–H and O–H groups in total. The molecule has 0 spiro atoms. The van der Waals surface area contributed by atoms with Gasteiger partial charge in [-0.2, -0.15) is 11.8 Å². The second-order valence-corrected chi connectivity index (χ2v) is 6.49. The number of nitrogens with one attached hydrogen (secondary N) is 2. The fourth-order valence-electron chi connectivity index (χ4n) is 2.05. The second kappa shape index (κ2) is 11.2. The summed E-state index contributed by atoms with van der Waals surface area (Å²) in [6, 6.07) is 0. The van der Waals surface area contributed by atoms with Gasteiger partial charge in [0.25, 0.3) is 0 Å². The fourth-order valence-corrected chi connectivity index (χ4v) is 3.23. The summed E-state index contributed by atoms with van der Waals surface area (Å²) in [6.07, 6.45) is 2.66. The number of likely N-dealkylation sites (N-methyl/N-ethyl adjacent to an activating group) is 1. The average molecular weight is 302 g/mol. The lowest BCUT2D eigenvalue weighted by atomic mass is 10.2. The quantitative estimate of drug-likeness (QED) is 0.492. The molecule has 1 aliphatic heterocycles. The van der Waals surface area contributed by atoms with E-state index < -0.39 is 0 Å². The highest BCUT2D eigenvalue weighted by Gasteiger charge is 2.14. The Balaban J connectivity index is 2.21. The standard InChI is InChI=1S/C14H30N4OS/c1-4-15-14(17-12-13-6-5-11-20-13)16-7-8-18(2)9-10-19-3/h13H,4-12H2,1-3H3,(H2,15,16,17). The molecule has 1 saturated heterocycles. The monoisotopic (exact) mass is 302 g/mol. The summed E-state index contributed by atoms with van der Waals surface area (Å²) in [5.41, 5.74) is 0. The molecule has 0 aromatic rings. The molecule has 1 unspecified atom stereocenters. The maximum Gasteiger partial charge on any atom is 0.191 e. The molecule has 1 heterocycles. The summed E-state index contributed by atoms with van der Waals surface area (Å²) < 4.78 is 5.07. The molecule has 0 saturated carbocycles. The zero-order valence-electron chi connectivity index (χ0n) is 13.2. The summed E-state index contributed by atoms with van der Waals surface area (Å²) in [5, 5.41) is 7.43. The van der Waals surface area contributed by atoms with Crippen LogP contribution in [-0.2, 0) is 4.74 Å². The number of thioether (sulfide) groups is 1. The average Bonchev–Trinajstić information content (AvgIpc) is 2.95. The van der Waals surface area contributed by atoms with Gasteiger partial charge in [-0.05, 0) is 32.6 Å². The van der Waals surface area contributed by atoms with Crippen LogP contribution in [0.1, 0.15) is 19.8 Å². The van der Waals surface area contributed by atoms with Gasteiger partial charge in [0.1, 0.15) is 0 Å². The predicted molar refractivity (Wildman–Crippen MR) is 88.8 cm³/mol. The maximum absolute atomic E-state index is 5.07. The lowest BCUT2D eigenvalue weighted by molar-refractivity contribution is 0.162. The van der Waals surface area contributed by atoms with Crippen LogP contribution in [0.4, 0.5) is 0 Å². The number of guanidine groups is 1. The molecule has 6 heteroatoms. The number of aliphatic imine (C=N–C) groups is 1. The molecule has 5 nitrogen and oxygen atoms in total. The Morgan fingerprint density at radius 2 is 2.25 bits per heavy atom. The molecule has 0 aliphatic carbocycles. The summed E-state index contributed by atoms with van der Waals surface area (Å²) in [7, 11) is 3.85. The minimum atomic E-state index is 0.717. The van der Waals surface area contributed by atoms with Crippen LogP contribution in [0.25, 0.3) is 0 Å². The zero-order chi connectivity index (χ0) is 14.6. The molecule has 1 fully saturated rings. The van der Waals surface area contributed by atoms with E-state index in [1.807, 2.05) is 0 Å². The topological polar surface area (TPSA) is 48.9 Å². The van der Waals surface area contributed by atoms with Crippen molar-refractivity contribution in [3.63, 3.8) is 0 Å². The summed E-state index contributed by atoms with van der Waals surface area (Å²) in [5.74, 6) is 2.24. The molecule has 118 valence electrons. The Morgan fingerprint density at radius 1 is 1.40 bits per heavy atom. The highest BCUT2D eigenvalue weighted by atomic mass is 32.2. The second-order valence-electron chi connectivity index (χ2n) is 5.08. The van der Waals surface area contributed by atoms with E-state index in [0.29, 0.717) is 0 Å². The van der Waals surface area contributed by atoms with Crippen LogP contribution in [0.5, 0.6) is 0 Å². The minimum Gasteiger partial charge on any atom is -0.383 e. The van der Waals surface area contributed by atoms with Crippen LogP contribution in [0.3, 0.4) is 0 Å². The van der Waals surface area contributed by atoms with Crippen molar-refractivity contribution in [2.24, 2.45) is 4.99 Å². The Labute approximate surface area is 127 Å². The first-order valence-electron chi connectivity index (χ1n) is 7.57. The first kappa shape index (κ1) is 17.6. The van der Waals surface area contributed by atoms with Gasteiger partial charge >= 0.3 is 0 Å². The van der Waals surface area contributed by atoms with Gasteiger partial charge in [0, 0.05) is 38.5 Å². The van der Waals surface area contributed by atoms with Crippen molar-refractivity contribution in [1.29, 1.82) is 0 Å². The molecular weight excluding hydrogens is 272 g/mol. The fraction of sp³-hybridized carbons (Fsp3) is 0.929. The van der Waals surface area contributed by atoms with Gasteiger partial charge in [0.2, 0.25) is 0 Å². The first-order valence-corrected chi connectivity index (χ1v) is 8.62. The molecule has 0 aromatic heterocycles. The van der Waals surface area contributed by atoms with Gasteiger partial charge in [-0.3, -0.25) is 4.99 Å². The molecule has 0 aromatic carbocycles. The van der Waals surface area contributed by atoms with Gasteiger partial charge < -0.3 is 20.3 Å². The lowest BCUT2D eigenvalue weighted by Gasteiger charge is -2.18. The number of hydrogen-bond donors (Lipinski definition) is 2. The van der Waals surface area contributed by atoms with Crippen molar-refractivity contribution in [2.45, 2.75) is 25.0 Å². The van der Waals surface area contributed by atoms with Gasteiger partial charge in [0.05, 0.1) is 13.2 Å². The van der Waals surface area contributed by atoms with Crippen molar-refractivity contribution >= 4 is 17.7 Å². The lowest BCUT2D eigenvalue weighted by Crippen LogP contribution is -2.41. The highest BCUT2D eigenvalue weighted by molar-refractivity contribution is 8.00. The molecule has 1 aliphatic rings. The van der Waals surface area contributed by atoms with Gasteiger partial charge in [0.15, 0.2) is 5.96 Å². The predicted octanol–water partition coefficient (Wildman–Crippen LogP) is 1.02. The molecular formula is C14H30N4OS. The largest absolute Gasteiger partial charge is 0.383 e. The van der Waals surface area contributed by atoms with Crippen LogP contribution in [0.2, 0.25) is 0 Å². The van der Waals surface area contributed by atoms with Crippen LogP contribution in [0, 0.1) is 0 Å². The molecule has 1 rings (SSSR count). The van der Waals surface area contributed by atoms with E-state index in [2.05, 4.69) is 46.3 Å². The third-order valence-electron chi connectivity index (χ3n) is 3.28. The Kier molecular flexibility index (Phi) is 9.87. The van der Waals surface area contributed by atoms with Gasteiger partial charge in [-0.15, -0.1) is 0 Å². The van der Waals surface area contributed by atoms with Crippen molar-refractivity contribution < 1.29 is 4.74 Å². The first-order chi connectivity index (χ1) is 9.76. The minimum absolute atomic E-state index is 0.717. The normalized spacial score (nSPS) is 19.6. The van der Waals surface area contributed by atoms with E-state index >= 15 is 0 Å². The van der Waals surface area contributed by atoms with Crippen molar-refractivity contribution in [3.8, 4) is 0 Å². The van der Waals surface area contributed by atoms with Crippen LogP contribution < -0.4 is 10.6 Å². The maximum atomic E-state index is 5.07. The molecule has 0 amide bonds. The number of hydrogen-bond acceptors (Lipinski definition) is 4. The molecule has 0 bridgehead atoms. The number of methoxy groups -OCH3 is 1. The van der Waals surface area contributed by atoms with Gasteiger partial charge in [-0.25, -0.2) is 0 Å². The zero-order valence-corrected chi connectivity index (χ0v) is 14.0. The third kappa shape index (κ3) is 7.97. The van der Waals surface area contributed by atoms with E-state index in [4.69, 9.17) is 4.74 Å². The summed E-state index contributed by atoms with van der Waals surface area (Å²) >= 11 is 2.06. The van der Waals surface area contributed by atoms with Crippen LogP contribution in [0.15, 0.2) is 4.99 Å². The Morgan fingerprint density at radius 3 is 2.90 bits per heavy atom. The van der Waals surface area contributed by atoms with E-state index in [1.165, 1.54) is 18.6 Å². The van der Waals surface area contributed by atoms with E-state index in [0.717, 1.165) is 50.5 Å². The van der Waals surface area contributed by atoms with Gasteiger partial charge in [-0.1, -0.05) is 0 Å². The van der Waals surface area contributed by atoms with Crippen molar-refractivity contribution in [2.75, 3.05) is 59.2 Å². The smallest absolute Gasteiger partial charge is 0.191 e. The summed E-state index contributed by atoms with van der Waals surface area (Å²) in [6.45, 7) is 7.58. The number of rotatable bonds is 9. The molecule has 1 atom stereocenters. The van der Waals surface area contributed by atoms with Crippen LogP contribution >= 0.6 is 11.8 Å². The third-order valence-corrected chi connectivity index (χ3v) is 4.66. The molecule has 0 radical (unpaired) electrons. The van der Waals surface area contributed by atoms with E-state index in [-0.39, 0.29) is 0 Å². The van der Waals surface area contributed by atoms with Crippen LogP contribution in [-0.4, -0.2) is 75.4 Å². The Hall–Kier alpha value is -0.460. The number of ether oxygens (including phenoxy) is 1. The SMILES string of the molecule is CCNC(=NCC1CCCS1)NCCN(C)CCOC. The number of nitrogens with zero attached hydrogens (tertiary/aromatic N) is 2. The van der Waals surface area contributed by atoms with Crippen molar-refractivity contribution in [3.05, 3.63) is 0 Å². The van der Waals surface area contributed by atoms with E-state index in [1.54, 1.807) is 7.11 Å². The van der Waals surface area contributed by atoms with E-state index in [9.17, 15) is 0 Å². The molecule has 20 heavy (non-hydrogen) atoms. The Bertz CT molecular complexity index is 270. The highest BCUT2D eigenvalue weighted by Crippen LogP contribution is 2.25. The van der Waals surface area contributed by atoms with Crippen molar-refractivity contribution in [1.82, 2.24) is 15.5 Å². The summed E-state index contributed by atoms with van der Waals surface area (Å²) in [4.78, 5) is 6.94.